The van der Waals surface area contributed by atoms with Gasteiger partial charge in [0, 0.05) is 0 Å². The van der Waals surface area contributed by atoms with E-state index in [2.05, 4.69) is 55.9 Å². The fourth-order valence-electron chi connectivity index (χ4n) is 0.544. The number of hydrogen-bond donors (Lipinski definition) is 0. The molecular weight excluding hydrogens is 311 g/mol. The van der Waals surface area contributed by atoms with Crippen molar-refractivity contribution in [1.82, 2.24) is 0 Å². The third-order valence-electron chi connectivity index (χ3n) is 1.26. The van der Waals surface area contributed by atoms with E-state index in [1.807, 2.05) is 0 Å². The van der Waals surface area contributed by atoms with Crippen LogP contribution in [0.15, 0.2) is 0 Å². The predicted molar refractivity (Wildman–Crippen MR) is 53.8 cm³/mol. The monoisotopic (exact) mass is 324 g/mol. The average Bonchev–Trinajstić information content (AvgIpc) is 1.65. The number of rotatable bonds is 2. The Labute approximate surface area is 74.4 Å². The van der Waals surface area contributed by atoms with Gasteiger partial charge in [-0.3, -0.25) is 0 Å². The van der Waals surface area contributed by atoms with Crippen LogP contribution in [-0.2, 0) is 0 Å². The summed E-state index contributed by atoms with van der Waals surface area (Å²) in [6.07, 6.45) is 0. The fraction of sp³-hybridized carbons (Fsp3) is 1.00. The summed E-state index contributed by atoms with van der Waals surface area (Å²) in [7, 11) is -1.40. The van der Waals surface area contributed by atoms with E-state index >= 15 is 0 Å². The molecule has 0 aliphatic rings. The van der Waals surface area contributed by atoms with Gasteiger partial charge in [0.15, 0.2) is 0 Å². The van der Waals surface area contributed by atoms with Crippen molar-refractivity contribution in [2.75, 3.05) is 0 Å². The standard InChI is InChI=1S/C6H14Br2Se/c1-5(2)9(7,8)6(3)4/h5-6H,1-4H3. The van der Waals surface area contributed by atoms with E-state index in [1.165, 1.54) is 0 Å². The van der Waals surface area contributed by atoms with E-state index in [4.69, 9.17) is 0 Å². The summed E-state index contributed by atoms with van der Waals surface area (Å²) in [5.74, 6) is 0. The van der Waals surface area contributed by atoms with Crippen LogP contribution in [0.4, 0.5) is 0 Å². The van der Waals surface area contributed by atoms with E-state index in [-0.39, 0.29) is 0 Å². The van der Waals surface area contributed by atoms with Crippen LogP contribution in [0.5, 0.6) is 0 Å². The first-order valence-electron chi connectivity index (χ1n) is 3.09. The first-order valence-corrected chi connectivity index (χ1v) is 13.1. The molecule has 0 atom stereocenters. The molecule has 0 unspecified atom stereocenters. The van der Waals surface area contributed by atoms with Crippen LogP contribution in [0.2, 0.25) is 9.63 Å². The molecule has 0 fully saturated rings. The van der Waals surface area contributed by atoms with Crippen LogP contribution < -0.4 is 0 Å². The summed E-state index contributed by atoms with van der Waals surface area (Å²) in [4.78, 5) is 1.56. The molecule has 0 aliphatic carbocycles. The minimum absolute atomic E-state index is 0.779. The van der Waals surface area contributed by atoms with Crippen molar-refractivity contribution >= 4 is 37.4 Å². The van der Waals surface area contributed by atoms with Crippen molar-refractivity contribution in [1.29, 1.82) is 0 Å². The van der Waals surface area contributed by atoms with E-state index in [0.717, 1.165) is 9.63 Å². The van der Waals surface area contributed by atoms with E-state index in [9.17, 15) is 0 Å². The average molecular weight is 325 g/mol. The van der Waals surface area contributed by atoms with Crippen molar-refractivity contribution in [2.45, 2.75) is 37.3 Å². The van der Waals surface area contributed by atoms with Crippen LogP contribution in [0, 0.1) is 0 Å². The Morgan fingerprint density at radius 2 is 1.11 bits per heavy atom. The van der Waals surface area contributed by atoms with Crippen LogP contribution in [0.3, 0.4) is 0 Å². The zero-order valence-corrected chi connectivity index (χ0v) is 11.2. The molecule has 0 bridgehead atoms. The van der Waals surface area contributed by atoms with Gasteiger partial charge in [0.05, 0.1) is 0 Å². The van der Waals surface area contributed by atoms with Crippen molar-refractivity contribution in [3.63, 3.8) is 0 Å². The molecule has 0 spiro atoms. The van der Waals surface area contributed by atoms with Crippen LogP contribution in [0.1, 0.15) is 27.7 Å². The summed E-state index contributed by atoms with van der Waals surface area (Å²) in [5, 5.41) is 0. The molecule has 0 aliphatic heterocycles. The topological polar surface area (TPSA) is 0 Å². The van der Waals surface area contributed by atoms with Gasteiger partial charge in [-0.05, 0) is 0 Å². The Morgan fingerprint density at radius 1 is 0.889 bits per heavy atom. The Hall–Kier alpha value is 1.48. The second-order valence-electron chi connectivity index (χ2n) is 2.65. The minimum atomic E-state index is -1.40. The molecule has 0 rings (SSSR count). The van der Waals surface area contributed by atoms with Crippen molar-refractivity contribution in [3.05, 3.63) is 0 Å². The van der Waals surface area contributed by atoms with Gasteiger partial charge in [0.25, 0.3) is 0 Å². The molecule has 0 radical (unpaired) electrons. The molecule has 3 heteroatoms. The zero-order valence-electron chi connectivity index (χ0n) is 6.32. The third kappa shape index (κ3) is 2.92. The summed E-state index contributed by atoms with van der Waals surface area (Å²) in [6, 6.07) is 0. The Balaban J connectivity index is 4.01. The SMILES string of the molecule is CC(C)[Se](Br)(Br)C(C)C. The first-order chi connectivity index (χ1) is 3.89. The molecule has 0 aromatic carbocycles. The zero-order chi connectivity index (χ0) is 7.65. The van der Waals surface area contributed by atoms with E-state index in [0.29, 0.717) is 0 Å². The predicted octanol–water partition coefficient (Wildman–Crippen LogP) is 4.04. The van der Waals surface area contributed by atoms with E-state index in [1.54, 1.807) is 0 Å². The van der Waals surface area contributed by atoms with E-state index < -0.39 is 9.23 Å². The van der Waals surface area contributed by atoms with Gasteiger partial charge in [-0.15, -0.1) is 0 Å². The molecule has 0 N–H and O–H groups in total. The molecule has 0 amide bonds. The first kappa shape index (κ1) is 10.5. The molecule has 0 aromatic rings. The van der Waals surface area contributed by atoms with Crippen molar-refractivity contribution in [2.24, 2.45) is 0 Å². The fourth-order valence-corrected chi connectivity index (χ4v) is 2.83. The van der Waals surface area contributed by atoms with Gasteiger partial charge in [-0.25, -0.2) is 0 Å². The van der Waals surface area contributed by atoms with Gasteiger partial charge < -0.3 is 0 Å². The Bertz CT molecular complexity index is 79.1. The summed E-state index contributed by atoms with van der Waals surface area (Å²) in [6.45, 7) is 9.07. The molecular formula is C6H14Br2Se. The summed E-state index contributed by atoms with van der Waals surface area (Å²) >= 11 is 7.57. The molecule has 0 saturated carbocycles. The molecule has 58 valence electrons. The molecule has 0 aromatic heterocycles. The Morgan fingerprint density at radius 3 is 1.11 bits per heavy atom. The normalized spacial score (nSPS) is 15.1. The van der Waals surface area contributed by atoms with Gasteiger partial charge in [0.2, 0.25) is 0 Å². The van der Waals surface area contributed by atoms with Gasteiger partial charge in [0.1, 0.15) is 0 Å². The van der Waals surface area contributed by atoms with Crippen molar-refractivity contribution in [3.8, 4) is 0 Å². The maximum atomic E-state index is 3.78. The van der Waals surface area contributed by atoms with Gasteiger partial charge in [-0.2, -0.15) is 0 Å². The maximum absolute atomic E-state index is 3.78. The second-order valence-corrected chi connectivity index (χ2v) is 24.6. The number of hydrogen-bond acceptors (Lipinski definition) is 0. The molecule has 0 heterocycles. The van der Waals surface area contributed by atoms with Crippen molar-refractivity contribution < 1.29 is 0 Å². The molecule has 0 saturated heterocycles. The van der Waals surface area contributed by atoms with Crippen LogP contribution in [-0.4, -0.2) is 9.23 Å². The van der Waals surface area contributed by atoms with Gasteiger partial charge in [-0.1, -0.05) is 0 Å². The molecule has 0 nitrogen and oxygen atoms in total. The quantitative estimate of drug-likeness (QED) is 0.672. The Kier molecular flexibility index (Phi) is 4.37. The second kappa shape index (κ2) is 3.75. The third-order valence-corrected chi connectivity index (χ3v) is 22.1. The summed E-state index contributed by atoms with van der Waals surface area (Å²) in [5.41, 5.74) is 0. The van der Waals surface area contributed by atoms with Crippen LogP contribution in [0.25, 0.3) is 0 Å². The summed E-state index contributed by atoms with van der Waals surface area (Å²) < 4.78 is 0. The van der Waals surface area contributed by atoms with Gasteiger partial charge >= 0.3 is 74.8 Å². The van der Waals surface area contributed by atoms with Crippen LogP contribution >= 0.6 is 28.2 Å². The number of halogens is 2. The molecule has 9 heavy (non-hydrogen) atoms.